The fourth-order valence-corrected chi connectivity index (χ4v) is 4.78. The molecule has 2 aromatic rings. The topological polar surface area (TPSA) is 23.5 Å². The van der Waals surface area contributed by atoms with Gasteiger partial charge in [-0.15, -0.1) is 23.5 Å². The number of hydrogen-bond acceptors (Lipinski definition) is 4. The molecule has 2 nitrogen and oxygen atoms in total. The minimum atomic E-state index is 0.394. The molecule has 0 amide bonds. The number of para-hydroxylation sites is 1. The second kappa shape index (κ2) is 7.54. The summed E-state index contributed by atoms with van der Waals surface area (Å²) in [6.07, 6.45) is 4.47. The first-order valence-corrected chi connectivity index (χ1v) is 10.3. The van der Waals surface area contributed by atoms with Gasteiger partial charge in [0.2, 0.25) is 0 Å². The van der Waals surface area contributed by atoms with Crippen LogP contribution >= 0.6 is 23.5 Å². The predicted octanol–water partition coefficient (Wildman–Crippen LogP) is 5.77. The van der Waals surface area contributed by atoms with Crippen molar-refractivity contribution in [3.63, 3.8) is 0 Å². The van der Waals surface area contributed by atoms with Gasteiger partial charge in [-0.1, -0.05) is 31.5 Å². The smallest absolute Gasteiger partial charge is 0.130 e. The lowest BCUT2D eigenvalue weighted by Gasteiger charge is -2.28. The highest BCUT2D eigenvalue weighted by Crippen LogP contribution is 2.44. The van der Waals surface area contributed by atoms with Crippen molar-refractivity contribution in [2.24, 2.45) is 5.92 Å². The van der Waals surface area contributed by atoms with Crippen LogP contribution in [-0.2, 0) is 0 Å². The Balaban J connectivity index is 2.07. The van der Waals surface area contributed by atoms with Gasteiger partial charge in [-0.2, -0.15) is 0 Å². The minimum Gasteiger partial charge on any atom is -0.507 e. The average Bonchev–Trinajstić information content (AvgIpc) is 2.75. The monoisotopic (exact) mass is 345 g/mol. The van der Waals surface area contributed by atoms with E-state index in [4.69, 9.17) is 0 Å². The van der Waals surface area contributed by atoms with Crippen LogP contribution in [0, 0.1) is 5.92 Å². The van der Waals surface area contributed by atoms with E-state index in [1.165, 1.54) is 29.1 Å². The number of benzene rings is 2. The second-order valence-corrected chi connectivity index (χ2v) is 7.81. The lowest BCUT2D eigenvalue weighted by atomic mass is 10.0. The number of anilines is 2. The number of hydrogen-bond donors (Lipinski definition) is 1. The van der Waals surface area contributed by atoms with Crippen LogP contribution in [0.3, 0.4) is 0 Å². The van der Waals surface area contributed by atoms with Gasteiger partial charge in [0.05, 0.1) is 10.6 Å². The number of thioether (sulfide) groups is 2. The maximum Gasteiger partial charge on any atom is 0.130 e. The number of phenols is 1. The molecule has 0 saturated carbocycles. The van der Waals surface area contributed by atoms with Crippen molar-refractivity contribution in [3.05, 3.63) is 42.5 Å². The van der Waals surface area contributed by atoms with Crippen molar-refractivity contribution in [2.75, 3.05) is 23.5 Å². The molecule has 1 aliphatic heterocycles. The molecular formula is C19H23NOS2. The normalized spacial score (nSPS) is 17.7. The predicted molar refractivity (Wildman–Crippen MR) is 102 cm³/mol. The van der Waals surface area contributed by atoms with Crippen molar-refractivity contribution in [1.82, 2.24) is 0 Å². The Kier molecular flexibility index (Phi) is 5.44. The van der Waals surface area contributed by atoms with Crippen LogP contribution in [-0.4, -0.2) is 23.7 Å². The SMILES string of the molecule is CCC[C@@H]1CSc2cc(O)c(SC)cc2N(c2ccccc2)C1. The summed E-state index contributed by atoms with van der Waals surface area (Å²) in [7, 11) is 0. The third-order valence-electron chi connectivity index (χ3n) is 4.23. The summed E-state index contributed by atoms with van der Waals surface area (Å²) in [5, 5.41) is 10.2. The summed E-state index contributed by atoms with van der Waals surface area (Å²) in [5.41, 5.74) is 2.46. The van der Waals surface area contributed by atoms with E-state index >= 15 is 0 Å². The molecule has 0 fully saturated rings. The Morgan fingerprint density at radius 1 is 1.26 bits per heavy atom. The zero-order valence-corrected chi connectivity index (χ0v) is 15.3. The van der Waals surface area contributed by atoms with E-state index in [2.05, 4.69) is 48.2 Å². The van der Waals surface area contributed by atoms with E-state index in [0.29, 0.717) is 11.7 Å². The third kappa shape index (κ3) is 3.64. The molecule has 1 heterocycles. The number of rotatable bonds is 4. The van der Waals surface area contributed by atoms with E-state index in [-0.39, 0.29) is 0 Å². The van der Waals surface area contributed by atoms with Crippen molar-refractivity contribution >= 4 is 34.9 Å². The molecule has 0 aliphatic carbocycles. The third-order valence-corrected chi connectivity index (χ3v) is 6.27. The van der Waals surface area contributed by atoms with E-state index in [1.54, 1.807) is 11.8 Å². The lowest BCUT2D eigenvalue weighted by Crippen LogP contribution is -2.25. The molecule has 0 spiro atoms. The first-order valence-electron chi connectivity index (χ1n) is 8.09. The first kappa shape index (κ1) is 16.6. The number of nitrogens with zero attached hydrogens (tertiary/aromatic N) is 1. The highest BCUT2D eigenvalue weighted by Gasteiger charge is 2.24. The lowest BCUT2D eigenvalue weighted by molar-refractivity contribution is 0.461. The van der Waals surface area contributed by atoms with Gasteiger partial charge in [-0.3, -0.25) is 0 Å². The van der Waals surface area contributed by atoms with E-state index in [0.717, 1.165) is 17.2 Å². The quantitative estimate of drug-likeness (QED) is 0.710. The molecule has 1 atom stereocenters. The Bertz CT molecular complexity index is 660. The van der Waals surface area contributed by atoms with Crippen LogP contribution in [0.25, 0.3) is 0 Å². The Morgan fingerprint density at radius 3 is 2.74 bits per heavy atom. The van der Waals surface area contributed by atoms with Crippen LogP contribution in [0.4, 0.5) is 11.4 Å². The van der Waals surface area contributed by atoms with Crippen LogP contribution in [0.2, 0.25) is 0 Å². The summed E-state index contributed by atoms with van der Waals surface area (Å²) in [5.74, 6) is 2.17. The molecule has 4 heteroatoms. The molecule has 23 heavy (non-hydrogen) atoms. The summed E-state index contributed by atoms with van der Waals surface area (Å²) in [6.45, 7) is 3.30. The van der Waals surface area contributed by atoms with Crippen LogP contribution in [0.15, 0.2) is 52.3 Å². The average molecular weight is 346 g/mol. The van der Waals surface area contributed by atoms with Gasteiger partial charge in [-0.05, 0) is 42.9 Å². The summed E-state index contributed by atoms with van der Waals surface area (Å²) in [4.78, 5) is 4.55. The minimum absolute atomic E-state index is 0.394. The van der Waals surface area contributed by atoms with E-state index in [1.807, 2.05) is 24.1 Å². The summed E-state index contributed by atoms with van der Waals surface area (Å²) >= 11 is 3.48. The molecular weight excluding hydrogens is 322 g/mol. The fourth-order valence-electron chi connectivity index (χ4n) is 3.08. The van der Waals surface area contributed by atoms with Crippen molar-refractivity contribution in [1.29, 1.82) is 0 Å². The summed E-state index contributed by atoms with van der Waals surface area (Å²) in [6, 6.07) is 14.7. The molecule has 2 aromatic carbocycles. The largest absolute Gasteiger partial charge is 0.507 e. The highest BCUT2D eigenvalue weighted by atomic mass is 32.2. The molecule has 0 bridgehead atoms. The first-order chi connectivity index (χ1) is 11.2. The zero-order chi connectivity index (χ0) is 16.2. The van der Waals surface area contributed by atoms with Gasteiger partial charge in [0, 0.05) is 22.9 Å². The Hall–Kier alpha value is -1.26. The number of phenolic OH excluding ortho intramolecular Hbond substituents is 1. The molecule has 3 rings (SSSR count). The molecule has 122 valence electrons. The van der Waals surface area contributed by atoms with Gasteiger partial charge in [0.1, 0.15) is 5.75 Å². The van der Waals surface area contributed by atoms with Crippen molar-refractivity contribution in [3.8, 4) is 5.75 Å². The van der Waals surface area contributed by atoms with Crippen LogP contribution in [0.5, 0.6) is 5.75 Å². The Labute approximate surface area is 147 Å². The van der Waals surface area contributed by atoms with Crippen LogP contribution < -0.4 is 4.90 Å². The fraction of sp³-hybridized carbons (Fsp3) is 0.368. The molecule has 0 saturated heterocycles. The maximum atomic E-state index is 10.2. The van der Waals surface area contributed by atoms with Gasteiger partial charge in [0.25, 0.3) is 0 Å². The van der Waals surface area contributed by atoms with E-state index in [9.17, 15) is 5.11 Å². The zero-order valence-electron chi connectivity index (χ0n) is 13.7. The van der Waals surface area contributed by atoms with Gasteiger partial charge in [0.15, 0.2) is 0 Å². The van der Waals surface area contributed by atoms with Crippen molar-refractivity contribution in [2.45, 2.75) is 29.6 Å². The highest BCUT2D eigenvalue weighted by molar-refractivity contribution is 7.99. The number of aromatic hydroxyl groups is 1. The van der Waals surface area contributed by atoms with Gasteiger partial charge >= 0.3 is 0 Å². The molecule has 0 aromatic heterocycles. The number of fused-ring (bicyclic) bond motifs is 1. The summed E-state index contributed by atoms with van der Waals surface area (Å²) < 4.78 is 0. The molecule has 1 N–H and O–H groups in total. The maximum absolute atomic E-state index is 10.2. The van der Waals surface area contributed by atoms with Crippen LogP contribution in [0.1, 0.15) is 19.8 Å². The van der Waals surface area contributed by atoms with Gasteiger partial charge in [-0.25, -0.2) is 0 Å². The standard InChI is InChI=1S/C19H23NOS2/c1-3-7-14-12-20(15-8-5-4-6-9-15)16-10-19(22-2)17(21)11-18(16)23-13-14/h4-6,8-11,14,21H,3,7,12-13H2,1-2H3/t14-/m0/s1. The van der Waals surface area contributed by atoms with Crippen molar-refractivity contribution < 1.29 is 5.11 Å². The molecule has 1 aliphatic rings. The second-order valence-electron chi connectivity index (χ2n) is 5.90. The Morgan fingerprint density at radius 2 is 2.04 bits per heavy atom. The van der Waals surface area contributed by atoms with E-state index < -0.39 is 0 Å². The van der Waals surface area contributed by atoms with Gasteiger partial charge < -0.3 is 10.0 Å². The molecule has 0 radical (unpaired) electrons. The molecule has 0 unspecified atom stereocenters.